The zero-order valence-electron chi connectivity index (χ0n) is 19.1. The molecule has 0 unspecified atom stereocenters. The molecule has 2 atom stereocenters. The predicted octanol–water partition coefficient (Wildman–Crippen LogP) is 3.55. The number of carbonyl (C=O) groups is 1. The van der Waals surface area contributed by atoms with E-state index in [0.717, 1.165) is 79.6 Å². The van der Waals surface area contributed by atoms with Crippen molar-refractivity contribution in [1.29, 1.82) is 0 Å². The van der Waals surface area contributed by atoms with E-state index >= 15 is 0 Å². The standard InChI is InChI=1S/C24H32BrN5O2S/c1-16-2-3-19-22(16)23(28-15-27-19)29-8-10-30(11-9-29)24(31)18(20-4-5-21(25)33-20)14-26-17-6-12-32-13-7-17/h4-5,15-18,26H,2-3,6-14H2,1H3/t16-,18-/m1/s1. The molecular formula is C24H32BrN5O2S. The Balaban J connectivity index is 1.25. The van der Waals surface area contributed by atoms with Gasteiger partial charge in [-0.05, 0) is 59.7 Å². The van der Waals surface area contributed by atoms with Crippen molar-refractivity contribution in [3.8, 4) is 0 Å². The Labute approximate surface area is 208 Å². The van der Waals surface area contributed by atoms with Gasteiger partial charge in [-0.3, -0.25) is 4.79 Å². The molecule has 4 heterocycles. The maximum Gasteiger partial charge on any atom is 0.232 e. The van der Waals surface area contributed by atoms with Crippen molar-refractivity contribution in [3.63, 3.8) is 0 Å². The van der Waals surface area contributed by atoms with Crippen LogP contribution < -0.4 is 10.2 Å². The van der Waals surface area contributed by atoms with Crippen LogP contribution in [0.3, 0.4) is 0 Å². The number of thiophene rings is 1. The molecule has 2 aromatic heterocycles. The summed E-state index contributed by atoms with van der Waals surface area (Å²) in [5.41, 5.74) is 2.52. The largest absolute Gasteiger partial charge is 0.381 e. The first-order valence-electron chi connectivity index (χ1n) is 12.0. The minimum Gasteiger partial charge on any atom is -0.381 e. The number of aryl methyl sites for hydroxylation is 1. The number of amides is 1. The van der Waals surface area contributed by atoms with E-state index in [1.54, 1.807) is 17.7 Å². The molecule has 2 fully saturated rings. The Bertz CT molecular complexity index is 972. The number of hydrogen-bond donors (Lipinski definition) is 1. The Morgan fingerprint density at radius 2 is 2.00 bits per heavy atom. The summed E-state index contributed by atoms with van der Waals surface area (Å²) in [5, 5.41) is 3.65. The zero-order chi connectivity index (χ0) is 22.8. The van der Waals surface area contributed by atoms with Gasteiger partial charge in [0.15, 0.2) is 0 Å². The number of aromatic nitrogens is 2. The van der Waals surface area contributed by atoms with Gasteiger partial charge in [0.2, 0.25) is 5.91 Å². The zero-order valence-corrected chi connectivity index (χ0v) is 21.5. The van der Waals surface area contributed by atoms with Crippen LogP contribution in [0.5, 0.6) is 0 Å². The van der Waals surface area contributed by atoms with E-state index in [4.69, 9.17) is 4.74 Å². The fourth-order valence-electron chi connectivity index (χ4n) is 5.25. The highest BCUT2D eigenvalue weighted by atomic mass is 79.9. The number of fused-ring (bicyclic) bond motifs is 1. The number of ether oxygens (including phenoxy) is 1. The van der Waals surface area contributed by atoms with Gasteiger partial charge in [-0.15, -0.1) is 11.3 Å². The lowest BCUT2D eigenvalue weighted by Gasteiger charge is -2.38. The molecule has 0 spiro atoms. The second kappa shape index (κ2) is 10.4. The third-order valence-corrected chi connectivity index (χ3v) is 8.95. The summed E-state index contributed by atoms with van der Waals surface area (Å²) < 4.78 is 6.55. The minimum atomic E-state index is -0.154. The molecule has 9 heteroatoms. The molecule has 33 heavy (non-hydrogen) atoms. The van der Waals surface area contributed by atoms with Crippen LogP contribution in [0.2, 0.25) is 0 Å². The number of halogens is 1. The topological polar surface area (TPSA) is 70.6 Å². The molecule has 3 aliphatic rings. The lowest BCUT2D eigenvalue weighted by molar-refractivity contribution is -0.133. The normalized spacial score (nSPS) is 22.4. The molecule has 7 nitrogen and oxygen atoms in total. The van der Waals surface area contributed by atoms with Gasteiger partial charge < -0.3 is 19.9 Å². The lowest BCUT2D eigenvalue weighted by atomic mass is 10.0. The molecule has 0 saturated carbocycles. The monoisotopic (exact) mass is 533 g/mol. The lowest BCUT2D eigenvalue weighted by Crippen LogP contribution is -2.51. The van der Waals surface area contributed by atoms with E-state index in [9.17, 15) is 4.79 Å². The summed E-state index contributed by atoms with van der Waals surface area (Å²) in [5.74, 6) is 1.66. The van der Waals surface area contributed by atoms with Crippen LogP contribution in [0.4, 0.5) is 5.82 Å². The van der Waals surface area contributed by atoms with E-state index in [0.29, 0.717) is 18.5 Å². The first-order chi connectivity index (χ1) is 16.1. The second-order valence-corrected chi connectivity index (χ2v) is 11.8. The van der Waals surface area contributed by atoms with E-state index in [1.165, 1.54) is 11.3 Å². The molecular weight excluding hydrogens is 502 g/mol. The third-order valence-electron chi connectivity index (χ3n) is 7.21. The van der Waals surface area contributed by atoms with Gasteiger partial charge >= 0.3 is 0 Å². The highest BCUT2D eigenvalue weighted by Gasteiger charge is 2.33. The number of piperazine rings is 1. The quantitative estimate of drug-likeness (QED) is 0.612. The van der Waals surface area contributed by atoms with Gasteiger partial charge in [0.1, 0.15) is 12.1 Å². The van der Waals surface area contributed by atoms with Crippen LogP contribution in [-0.4, -0.2) is 72.8 Å². The van der Waals surface area contributed by atoms with Crippen molar-refractivity contribution >= 4 is 39.0 Å². The first kappa shape index (κ1) is 23.2. The number of hydrogen-bond acceptors (Lipinski definition) is 7. The fraction of sp³-hybridized carbons (Fsp3) is 0.625. The summed E-state index contributed by atoms with van der Waals surface area (Å²) >= 11 is 5.24. The predicted molar refractivity (Wildman–Crippen MR) is 134 cm³/mol. The van der Waals surface area contributed by atoms with Crippen molar-refractivity contribution in [3.05, 3.63) is 38.4 Å². The van der Waals surface area contributed by atoms with Gasteiger partial charge in [-0.2, -0.15) is 0 Å². The van der Waals surface area contributed by atoms with Crippen LogP contribution in [0.25, 0.3) is 0 Å². The van der Waals surface area contributed by atoms with E-state index in [2.05, 4.69) is 49.1 Å². The Morgan fingerprint density at radius 3 is 2.73 bits per heavy atom. The molecule has 1 aliphatic carbocycles. The number of anilines is 1. The molecule has 5 rings (SSSR count). The van der Waals surface area contributed by atoms with Crippen molar-refractivity contribution < 1.29 is 9.53 Å². The Kier molecular flexibility index (Phi) is 7.30. The summed E-state index contributed by atoms with van der Waals surface area (Å²) in [4.78, 5) is 28.3. The maximum absolute atomic E-state index is 13.7. The number of rotatable bonds is 6. The van der Waals surface area contributed by atoms with Gasteiger partial charge in [0.05, 0.1) is 9.70 Å². The fourth-order valence-corrected chi connectivity index (χ4v) is 6.76. The van der Waals surface area contributed by atoms with Crippen molar-refractivity contribution in [1.82, 2.24) is 20.2 Å². The summed E-state index contributed by atoms with van der Waals surface area (Å²) in [6.07, 6.45) is 5.92. The summed E-state index contributed by atoms with van der Waals surface area (Å²) in [7, 11) is 0. The molecule has 2 saturated heterocycles. The second-order valence-electron chi connectivity index (χ2n) is 9.30. The first-order valence-corrected chi connectivity index (χ1v) is 13.6. The van der Waals surface area contributed by atoms with Crippen LogP contribution in [0, 0.1) is 0 Å². The molecule has 1 amide bonds. The van der Waals surface area contributed by atoms with Crippen LogP contribution >= 0.6 is 27.3 Å². The highest BCUT2D eigenvalue weighted by Crippen LogP contribution is 2.37. The number of nitrogens with zero attached hydrogens (tertiary/aromatic N) is 4. The molecule has 0 bridgehead atoms. The number of nitrogens with one attached hydrogen (secondary N) is 1. The van der Waals surface area contributed by atoms with Crippen molar-refractivity contribution in [2.75, 3.05) is 50.8 Å². The van der Waals surface area contributed by atoms with Crippen molar-refractivity contribution in [2.45, 2.75) is 50.5 Å². The van der Waals surface area contributed by atoms with E-state index in [1.807, 2.05) is 11.0 Å². The average molecular weight is 535 g/mol. The van der Waals surface area contributed by atoms with Gasteiger partial charge in [0.25, 0.3) is 0 Å². The average Bonchev–Trinajstić information content (AvgIpc) is 3.45. The molecule has 2 aliphatic heterocycles. The number of carbonyl (C=O) groups excluding carboxylic acids is 1. The molecule has 0 radical (unpaired) electrons. The minimum absolute atomic E-state index is 0.154. The molecule has 2 aromatic rings. The van der Waals surface area contributed by atoms with Crippen LogP contribution in [-0.2, 0) is 16.0 Å². The molecule has 0 aromatic carbocycles. The smallest absolute Gasteiger partial charge is 0.232 e. The van der Waals surface area contributed by atoms with Gasteiger partial charge in [0, 0.05) is 68.1 Å². The van der Waals surface area contributed by atoms with Crippen LogP contribution in [0.1, 0.15) is 54.2 Å². The molecule has 178 valence electrons. The van der Waals surface area contributed by atoms with Gasteiger partial charge in [-0.25, -0.2) is 9.97 Å². The summed E-state index contributed by atoms with van der Waals surface area (Å²) in [6.45, 7) is 7.63. The Morgan fingerprint density at radius 1 is 1.21 bits per heavy atom. The third kappa shape index (κ3) is 5.11. The Hall–Kier alpha value is -1.55. The van der Waals surface area contributed by atoms with Gasteiger partial charge in [-0.1, -0.05) is 6.92 Å². The SMILES string of the molecule is C[C@@H]1CCc2ncnc(N3CCN(C(=O)[C@H](CNC4CCOCC4)c4ccc(Br)s4)CC3)c21. The van der Waals surface area contributed by atoms with Crippen molar-refractivity contribution in [2.24, 2.45) is 0 Å². The van der Waals surface area contributed by atoms with E-state index in [-0.39, 0.29) is 11.8 Å². The molecule has 1 N–H and O–H groups in total. The highest BCUT2D eigenvalue weighted by molar-refractivity contribution is 9.11. The summed E-state index contributed by atoms with van der Waals surface area (Å²) in [6, 6.07) is 4.56. The van der Waals surface area contributed by atoms with E-state index < -0.39 is 0 Å². The van der Waals surface area contributed by atoms with Crippen LogP contribution in [0.15, 0.2) is 22.2 Å². The maximum atomic E-state index is 13.7.